The van der Waals surface area contributed by atoms with Gasteiger partial charge in [-0.05, 0) is 36.4 Å². The molecule has 0 saturated carbocycles. The van der Waals surface area contributed by atoms with E-state index < -0.39 is 22.1 Å². The number of hydrogen-bond donors (Lipinski definition) is 1. The minimum atomic E-state index is -4.85. The molecule has 0 fully saturated rings. The highest BCUT2D eigenvalue weighted by atomic mass is 32.2. The summed E-state index contributed by atoms with van der Waals surface area (Å²) in [6.07, 6.45) is -3.20. The number of halogens is 3. The third-order valence-corrected chi connectivity index (χ3v) is 5.16. The number of aromatic nitrogens is 1. The summed E-state index contributed by atoms with van der Waals surface area (Å²) in [7, 11) is -3.93. The van der Waals surface area contributed by atoms with Crippen LogP contribution in [0.1, 0.15) is 0 Å². The van der Waals surface area contributed by atoms with E-state index in [-0.39, 0.29) is 18.0 Å². The molecule has 0 aliphatic rings. The minimum absolute atomic E-state index is 0.0287. The highest BCUT2D eigenvalue weighted by Crippen LogP contribution is 2.24. The van der Waals surface area contributed by atoms with Crippen LogP contribution < -0.4 is 14.2 Å². The van der Waals surface area contributed by atoms with Crippen LogP contribution in [0.15, 0.2) is 65.7 Å². The standard InChI is InChI=1S/C20H15F3N2O4S/c21-20(22,23)29-16-8-10-17(11-9-16)30(26,27)25-13-1-2-14-28-18-7-3-5-15-6-4-12-24-19(15)18/h3-12,25H,13-14H2. The van der Waals surface area contributed by atoms with Gasteiger partial charge in [-0.15, -0.1) is 13.2 Å². The fourth-order valence-electron chi connectivity index (χ4n) is 2.45. The number of para-hydroxylation sites is 1. The average molecular weight is 436 g/mol. The number of nitrogens with one attached hydrogen (secondary N) is 1. The monoisotopic (exact) mass is 436 g/mol. The van der Waals surface area contributed by atoms with Gasteiger partial charge in [0.1, 0.15) is 23.6 Å². The molecule has 0 atom stereocenters. The van der Waals surface area contributed by atoms with Crippen molar-refractivity contribution in [1.82, 2.24) is 9.71 Å². The first kappa shape index (κ1) is 21.4. The van der Waals surface area contributed by atoms with Gasteiger partial charge < -0.3 is 9.47 Å². The molecule has 1 aromatic heterocycles. The normalized spacial score (nSPS) is 11.6. The summed E-state index contributed by atoms with van der Waals surface area (Å²) in [6, 6.07) is 13.0. The Hall–Kier alpha value is -3.29. The molecule has 3 aromatic rings. The van der Waals surface area contributed by atoms with E-state index in [0.29, 0.717) is 11.3 Å². The van der Waals surface area contributed by atoms with Crippen LogP contribution >= 0.6 is 0 Å². The lowest BCUT2D eigenvalue weighted by atomic mass is 10.2. The maximum atomic E-state index is 12.1. The Labute approximate surface area is 170 Å². The Morgan fingerprint density at radius 1 is 1.00 bits per heavy atom. The molecule has 2 aromatic carbocycles. The van der Waals surface area contributed by atoms with E-state index in [2.05, 4.69) is 26.3 Å². The third-order valence-electron chi connectivity index (χ3n) is 3.74. The van der Waals surface area contributed by atoms with Crippen LogP contribution in [0.4, 0.5) is 13.2 Å². The summed E-state index contributed by atoms with van der Waals surface area (Å²) in [5, 5.41) is 0.919. The smallest absolute Gasteiger partial charge is 0.479 e. The maximum Gasteiger partial charge on any atom is 0.573 e. The fourth-order valence-corrected chi connectivity index (χ4v) is 3.38. The van der Waals surface area contributed by atoms with E-state index in [4.69, 9.17) is 4.74 Å². The molecule has 0 radical (unpaired) electrons. The number of sulfonamides is 1. The molecular formula is C20H15F3N2O4S. The largest absolute Gasteiger partial charge is 0.573 e. The SMILES string of the molecule is O=S(=O)(NCC#CCOc1cccc2cccnc12)c1ccc(OC(F)(F)F)cc1. The van der Waals surface area contributed by atoms with E-state index >= 15 is 0 Å². The van der Waals surface area contributed by atoms with Crippen LogP contribution in [0.3, 0.4) is 0 Å². The Balaban J connectivity index is 1.53. The number of hydrogen-bond acceptors (Lipinski definition) is 5. The second kappa shape index (κ2) is 9.02. The van der Waals surface area contributed by atoms with Gasteiger partial charge in [-0.1, -0.05) is 30.0 Å². The molecule has 0 spiro atoms. The summed E-state index contributed by atoms with van der Waals surface area (Å²) in [4.78, 5) is 4.04. The summed E-state index contributed by atoms with van der Waals surface area (Å²) >= 11 is 0. The van der Waals surface area contributed by atoms with Gasteiger partial charge in [-0.3, -0.25) is 4.98 Å². The van der Waals surface area contributed by atoms with E-state index in [1.807, 2.05) is 24.3 Å². The van der Waals surface area contributed by atoms with Crippen LogP contribution in [0.5, 0.6) is 11.5 Å². The predicted octanol–water partition coefficient (Wildman–Crippen LogP) is 3.49. The zero-order valence-corrected chi connectivity index (χ0v) is 16.1. The van der Waals surface area contributed by atoms with Crippen molar-refractivity contribution < 1.29 is 31.1 Å². The summed E-state index contributed by atoms with van der Waals surface area (Å²) in [5.41, 5.74) is 0.695. The van der Waals surface area contributed by atoms with Gasteiger partial charge in [0, 0.05) is 11.6 Å². The fraction of sp³-hybridized carbons (Fsp3) is 0.150. The highest BCUT2D eigenvalue weighted by Gasteiger charge is 2.31. The number of nitrogens with zero attached hydrogens (tertiary/aromatic N) is 1. The van der Waals surface area contributed by atoms with Gasteiger partial charge in [-0.25, -0.2) is 8.42 Å². The summed E-state index contributed by atoms with van der Waals surface area (Å²) < 4.78 is 72.2. The number of rotatable bonds is 6. The molecule has 0 amide bonds. The van der Waals surface area contributed by atoms with Crippen LogP contribution in [-0.4, -0.2) is 32.9 Å². The van der Waals surface area contributed by atoms with Crippen LogP contribution in [0.2, 0.25) is 0 Å². The predicted molar refractivity (Wildman–Crippen MR) is 103 cm³/mol. The molecule has 156 valence electrons. The minimum Gasteiger partial charge on any atom is -0.479 e. The second-order valence-corrected chi connectivity index (χ2v) is 7.58. The average Bonchev–Trinajstić information content (AvgIpc) is 2.70. The second-order valence-electron chi connectivity index (χ2n) is 5.82. The number of alkyl halides is 3. The van der Waals surface area contributed by atoms with Gasteiger partial charge in [-0.2, -0.15) is 4.72 Å². The van der Waals surface area contributed by atoms with Crippen molar-refractivity contribution in [3.05, 3.63) is 60.8 Å². The lowest BCUT2D eigenvalue weighted by molar-refractivity contribution is -0.274. The summed E-state index contributed by atoms with van der Waals surface area (Å²) in [5.74, 6) is 5.35. The van der Waals surface area contributed by atoms with Gasteiger partial charge in [0.05, 0.1) is 11.4 Å². The molecule has 0 bridgehead atoms. The van der Waals surface area contributed by atoms with Gasteiger partial charge in [0.15, 0.2) is 0 Å². The van der Waals surface area contributed by atoms with Crippen molar-refractivity contribution in [3.63, 3.8) is 0 Å². The first-order valence-electron chi connectivity index (χ1n) is 8.52. The van der Waals surface area contributed by atoms with E-state index in [1.165, 1.54) is 0 Å². The molecule has 0 unspecified atom stereocenters. The first-order chi connectivity index (χ1) is 14.2. The van der Waals surface area contributed by atoms with Crippen molar-refractivity contribution in [2.24, 2.45) is 0 Å². The molecule has 10 heteroatoms. The maximum absolute atomic E-state index is 12.1. The van der Waals surface area contributed by atoms with Crippen molar-refractivity contribution >= 4 is 20.9 Å². The van der Waals surface area contributed by atoms with E-state index in [1.54, 1.807) is 12.3 Å². The molecule has 1 N–H and O–H groups in total. The van der Waals surface area contributed by atoms with Crippen molar-refractivity contribution in [3.8, 4) is 23.3 Å². The molecule has 0 aliphatic heterocycles. The zero-order chi connectivity index (χ0) is 21.6. The van der Waals surface area contributed by atoms with E-state index in [9.17, 15) is 21.6 Å². The Morgan fingerprint density at radius 3 is 2.47 bits per heavy atom. The number of ether oxygens (including phenoxy) is 2. The third kappa shape index (κ3) is 5.85. The van der Waals surface area contributed by atoms with Crippen molar-refractivity contribution in [2.45, 2.75) is 11.3 Å². The number of fused-ring (bicyclic) bond motifs is 1. The van der Waals surface area contributed by atoms with Crippen LogP contribution in [0.25, 0.3) is 10.9 Å². The topological polar surface area (TPSA) is 77.5 Å². The highest BCUT2D eigenvalue weighted by molar-refractivity contribution is 7.89. The lowest BCUT2D eigenvalue weighted by Crippen LogP contribution is -2.24. The molecule has 3 rings (SSSR count). The van der Waals surface area contributed by atoms with Crippen molar-refractivity contribution in [2.75, 3.05) is 13.2 Å². The summed E-state index contributed by atoms with van der Waals surface area (Å²) in [6.45, 7) is -0.165. The zero-order valence-electron chi connectivity index (χ0n) is 15.3. The first-order valence-corrected chi connectivity index (χ1v) is 10.0. The van der Waals surface area contributed by atoms with Gasteiger partial charge in [0.25, 0.3) is 0 Å². The molecule has 0 aliphatic carbocycles. The van der Waals surface area contributed by atoms with Crippen LogP contribution in [0, 0.1) is 11.8 Å². The molecular weight excluding hydrogens is 421 g/mol. The van der Waals surface area contributed by atoms with Crippen LogP contribution in [-0.2, 0) is 10.0 Å². The molecule has 0 saturated heterocycles. The van der Waals surface area contributed by atoms with E-state index in [0.717, 1.165) is 29.7 Å². The van der Waals surface area contributed by atoms with Crippen molar-refractivity contribution in [1.29, 1.82) is 0 Å². The Kier molecular flexibility index (Phi) is 6.44. The molecule has 1 heterocycles. The number of benzene rings is 2. The quantitative estimate of drug-likeness (QED) is 0.599. The molecule has 30 heavy (non-hydrogen) atoms. The van der Waals surface area contributed by atoms with Gasteiger partial charge in [0.2, 0.25) is 10.0 Å². The number of pyridine rings is 1. The van der Waals surface area contributed by atoms with Gasteiger partial charge >= 0.3 is 6.36 Å². The lowest BCUT2D eigenvalue weighted by Gasteiger charge is -2.09. The Morgan fingerprint density at radius 2 is 1.73 bits per heavy atom. The Bertz CT molecular complexity index is 1180. The molecule has 6 nitrogen and oxygen atoms in total.